The van der Waals surface area contributed by atoms with Crippen molar-refractivity contribution >= 4 is 81.1 Å². The Bertz CT molecular complexity index is 3290. The number of halogens is 1. The molecule has 4 heterocycles. The lowest BCUT2D eigenvalue weighted by molar-refractivity contribution is -0.626. The van der Waals surface area contributed by atoms with Crippen molar-refractivity contribution in [3.05, 3.63) is 196 Å². The van der Waals surface area contributed by atoms with Gasteiger partial charge in [0.25, 0.3) is 11.8 Å². The number of hydrogen-bond donors (Lipinski definition) is 4. The number of nitrogens with zero attached hydrogens (tertiary/aromatic N) is 5. The first-order chi connectivity index (χ1) is 37.5. The van der Waals surface area contributed by atoms with E-state index in [2.05, 4.69) is 20.8 Å². The summed E-state index contributed by atoms with van der Waals surface area (Å²) in [5.74, 6) is -1.20. The topological polar surface area (TPSA) is 227 Å². The number of methoxy groups -OCH3 is 1. The Kier molecular flexibility index (Phi) is 17.7. The van der Waals surface area contributed by atoms with Gasteiger partial charge in [-0.15, -0.1) is 23.1 Å². The van der Waals surface area contributed by atoms with E-state index in [1.165, 1.54) is 53.6 Å². The number of rotatable bonds is 19. The van der Waals surface area contributed by atoms with E-state index in [0.29, 0.717) is 33.0 Å². The van der Waals surface area contributed by atoms with Crippen molar-refractivity contribution in [1.29, 1.82) is 0 Å². The molecule has 21 heteroatoms. The molecule has 9 rings (SSSR count). The van der Waals surface area contributed by atoms with Gasteiger partial charge in [0.05, 0.1) is 13.2 Å². The summed E-state index contributed by atoms with van der Waals surface area (Å²) >= 11 is 3.88. The Morgan fingerprint density at radius 3 is 1.97 bits per heavy atom. The number of carbonyl (C=O) groups is 4. The minimum absolute atomic E-state index is 0. The highest BCUT2D eigenvalue weighted by atomic mass is 35.5. The van der Waals surface area contributed by atoms with Crippen molar-refractivity contribution in [2.45, 2.75) is 74.5 Å². The maximum absolute atomic E-state index is 14.9. The van der Waals surface area contributed by atoms with E-state index >= 15 is 0 Å². The van der Waals surface area contributed by atoms with E-state index in [-0.39, 0.29) is 53.4 Å². The number of para-hydroxylation sites is 1. The van der Waals surface area contributed by atoms with Crippen LogP contribution in [0.4, 0.5) is 16.8 Å². The number of amides is 2. The first kappa shape index (κ1) is 57.3. The van der Waals surface area contributed by atoms with Crippen LogP contribution in [0.3, 0.4) is 0 Å². The van der Waals surface area contributed by atoms with Crippen LogP contribution in [0.25, 0.3) is 5.69 Å². The van der Waals surface area contributed by atoms with Crippen LogP contribution in [0.15, 0.2) is 179 Å². The third-order valence-corrected chi connectivity index (χ3v) is 15.7. The van der Waals surface area contributed by atoms with Gasteiger partial charge >= 0.3 is 17.1 Å². The maximum atomic E-state index is 14.9. The zero-order valence-corrected chi connectivity index (χ0v) is 47.3. The molecule has 17 nitrogen and oxygen atoms in total. The number of ether oxygens (including phenoxy) is 3. The van der Waals surface area contributed by atoms with Crippen LogP contribution < -0.4 is 43.8 Å². The number of oxime groups is 1. The van der Waals surface area contributed by atoms with E-state index in [1.807, 2.05) is 121 Å². The number of fused-ring (bicyclic) bond motifs is 1. The lowest BCUT2D eigenvalue weighted by Gasteiger charge is -2.49. The lowest BCUT2D eigenvalue weighted by Crippen LogP contribution is -3.00. The molecule has 0 saturated carbocycles. The monoisotopic (exact) mass is 1140 g/mol. The molecule has 0 spiro atoms. The number of hydrogen-bond acceptors (Lipinski definition) is 17. The van der Waals surface area contributed by atoms with Crippen molar-refractivity contribution in [3.63, 3.8) is 0 Å². The number of anilines is 3. The Labute approximate surface area is 476 Å². The highest BCUT2D eigenvalue weighted by molar-refractivity contribution is 8.01. The lowest BCUT2D eigenvalue weighted by atomic mass is 9.77. The Morgan fingerprint density at radius 2 is 1.41 bits per heavy atom. The second-order valence-corrected chi connectivity index (χ2v) is 22.5. The van der Waals surface area contributed by atoms with Gasteiger partial charge in [-0.05, 0) is 98.5 Å². The molecule has 0 aliphatic carbocycles. The van der Waals surface area contributed by atoms with Crippen LogP contribution in [0.5, 0.6) is 5.75 Å². The summed E-state index contributed by atoms with van der Waals surface area (Å²) in [6.07, 6.45) is 0. The van der Waals surface area contributed by atoms with Crippen LogP contribution in [0.2, 0.25) is 0 Å². The average Bonchev–Trinajstić information content (AvgIpc) is 4.07. The average molecular weight is 1140 g/mol. The molecule has 408 valence electrons. The van der Waals surface area contributed by atoms with Gasteiger partial charge in [0.15, 0.2) is 10.8 Å². The van der Waals surface area contributed by atoms with Crippen LogP contribution in [0, 0.1) is 0 Å². The fourth-order valence-corrected chi connectivity index (χ4v) is 12.0. The zero-order valence-electron chi connectivity index (χ0n) is 44.0. The molecule has 6 N–H and O–H groups in total. The molecule has 7 aromatic rings. The van der Waals surface area contributed by atoms with E-state index in [9.17, 15) is 19.2 Å². The summed E-state index contributed by atoms with van der Waals surface area (Å²) in [6, 6.07) is 46.8. The second-order valence-electron chi connectivity index (χ2n) is 19.6. The van der Waals surface area contributed by atoms with E-state index in [1.54, 1.807) is 68.2 Å². The number of benzene rings is 5. The minimum Gasteiger partial charge on any atom is -1.00 e. The fourth-order valence-electron chi connectivity index (χ4n) is 8.72. The summed E-state index contributed by atoms with van der Waals surface area (Å²) in [5.41, 5.74) is 13.8. The van der Waals surface area contributed by atoms with Crippen molar-refractivity contribution in [1.82, 2.24) is 20.2 Å². The van der Waals surface area contributed by atoms with Crippen molar-refractivity contribution in [2.75, 3.05) is 35.4 Å². The number of aromatic nitrogens is 3. The molecule has 1 saturated heterocycles. The summed E-state index contributed by atoms with van der Waals surface area (Å²) in [6.45, 7) is 8.04. The highest BCUT2D eigenvalue weighted by Crippen LogP contribution is 2.43. The van der Waals surface area contributed by atoms with E-state index in [0.717, 1.165) is 22.4 Å². The van der Waals surface area contributed by atoms with Crippen molar-refractivity contribution < 1.29 is 55.2 Å². The summed E-state index contributed by atoms with van der Waals surface area (Å²) in [7, 11) is 1.56. The van der Waals surface area contributed by atoms with Crippen LogP contribution >= 0.6 is 34.9 Å². The third kappa shape index (κ3) is 12.7. The number of nitrogens with two attached hydrogens (primary N) is 2. The molecule has 2 aliphatic heterocycles. The normalized spacial score (nSPS) is 15.4. The first-order valence-electron chi connectivity index (χ1n) is 24.8. The maximum Gasteiger partial charge on any atom is 0.355 e. The van der Waals surface area contributed by atoms with Crippen LogP contribution in [0.1, 0.15) is 62.6 Å². The van der Waals surface area contributed by atoms with Gasteiger partial charge in [0.1, 0.15) is 52.0 Å². The van der Waals surface area contributed by atoms with Gasteiger partial charge < -0.3 is 53.6 Å². The molecule has 2 amide bonds. The van der Waals surface area contributed by atoms with Crippen LogP contribution in [-0.4, -0.2) is 85.6 Å². The number of nitrogens with one attached hydrogen (secondary N) is 2. The number of β-lactam (4-membered cyclic amide) rings is 1. The summed E-state index contributed by atoms with van der Waals surface area (Å²) in [5, 5.41) is 12.7. The minimum atomic E-state index is -1.67. The first-order valence-corrected chi connectivity index (χ1v) is 27.7. The van der Waals surface area contributed by atoms with Gasteiger partial charge in [-0.2, -0.15) is 4.57 Å². The second kappa shape index (κ2) is 24.4. The molecule has 0 radical (unpaired) electrons. The number of thiazole rings is 1. The number of nitrogen functional groups attached to an aromatic ring is 2. The van der Waals surface area contributed by atoms with Gasteiger partial charge in [-0.3, -0.25) is 14.5 Å². The Balaban J connectivity index is 0.00000822. The molecule has 2 aromatic heterocycles. The molecule has 2 aliphatic rings. The standard InChI is InChI=1S/C58H57N9O8S3.ClH/c1-56(2,3)74-53(71)57(4,5)75-65-46(43-35-77-54(61-43)64-58(38-19-11-7-12-20-38,39-21-13-8-14-22-39)40-23-15-9-16-24-40)49(68)63-47-50(69)67-48(52(70)73-32-36-27-29-42(72-6)30-28-36)37(33-76-51(47)67)34-78-55-62-44(59)31-45(60)66(55)41-25-17-10-18-26-41;/h7-31,35,47,51H,32-34H2,1-6H3,(H5,59,60,61,63,64,68);1H/b65-46-;. The number of thioether (sulfide) groups is 2. The summed E-state index contributed by atoms with van der Waals surface area (Å²) in [4.78, 5) is 74.2. The molecule has 1 fully saturated rings. The van der Waals surface area contributed by atoms with Crippen molar-refractivity contribution in [2.24, 2.45) is 5.16 Å². The molecular formula is C58H58ClN9O8S3. The molecule has 79 heavy (non-hydrogen) atoms. The zero-order chi connectivity index (χ0) is 55.2. The van der Waals surface area contributed by atoms with E-state index in [4.69, 9.17) is 35.5 Å². The molecule has 5 aromatic carbocycles. The largest absolute Gasteiger partial charge is 1.00 e. The van der Waals surface area contributed by atoms with E-state index < -0.39 is 51.9 Å². The van der Waals surface area contributed by atoms with Gasteiger partial charge in [-0.25, -0.2) is 14.6 Å². The molecular weight excluding hydrogens is 1080 g/mol. The Hall–Kier alpha value is -7.91. The van der Waals surface area contributed by atoms with Crippen LogP contribution in [-0.2, 0) is 45.6 Å². The number of carbonyl (C=O) groups excluding carboxylic acids is 4. The van der Waals surface area contributed by atoms with Gasteiger partial charge in [-0.1, -0.05) is 131 Å². The predicted octanol–water partition coefficient (Wildman–Crippen LogP) is 5.43. The van der Waals surface area contributed by atoms with Gasteiger partial charge in [0.2, 0.25) is 17.2 Å². The highest BCUT2D eigenvalue weighted by Gasteiger charge is 2.55. The fraction of sp³-hybridized carbons (Fsp3) is 0.241. The van der Waals surface area contributed by atoms with Gasteiger partial charge in [0, 0.05) is 16.9 Å². The van der Waals surface area contributed by atoms with Crippen molar-refractivity contribution in [3.8, 4) is 11.4 Å². The summed E-state index contributed by atoms with van der Waals surface area (Å²) < 4.78 is 18.6. The molecule has 0 bridgehead atoms. The SMILES string of the molecule is COc1ccc(COC(=O)C2=C(CSc3nc(N)cc(N)[n+]3-c3ccccc3)CSC3C(NC(=O)/C(=N\OC(C)(C)C(=O)OC(C)(C)C)c4csc(NC(c5ccccc5)(c5ccccc5)c5ccccc5)n4)C(=O)N23)cc1.[Cl-]. The third-order valence-electron chi connectivity index (χ3n) is 12.5. The quantitative estimate of drug-likeness (QED) is 0.0116. The molecule has 2 unspecified atom stereocenters. The smallest absolute Gasteiger partial charge is 0.355 e. The number of esters is 2. The predicted molar refractivity (Wildman–Crippen MR) is 303 cm³/mol. The molecule has 2 atom stereocenters. The Morgan fingerprint density at radius 1 is 0.823 bits per heavy atom.